The summed E-state index contributed by atoms with van der Waals surface area (Å²) in [7, 11) is 0. The van der Waals surface area contributed by atoms with E-state index in [0.717, 1.165) is 11.1 Å². The van der Waals surface area contributed by atoms with Gasteiger partial charge in [-0.3, -0.25) is 0 Å². The summed E-state index contributed by atoms with van der Waals surface area (Å²) in [4.78, 5) is 11.7. The van der Waals surface area contributed by atoms with Crippen LogP contribution in [0.1, 0.15) is 43.2 Å². The standard InChI is InChI=1S/C24H24N4/c25-23-27-14-18(15-28-23)17-8-10-19(11-9-17)24(12-4-1-5-13-24)21-16-26-22-7-3-2-6-20(21)22/h2-3,6-11,14-16,26H,1,4-5,12-13H2,(H2,25,27,28). The number of hydrogen-bond donors (Lipinski definition) is 2. The highest BCUT2D eigenvalue weighted by Gasteiger charge is 2.37. The maximum Gasteiger partial charge on any atom is 0.219 e. The van der Waals surface area contributed by atoms with Gasteiger partial charge in [0, 0.05) is 40.5 Å². The number of nitrogen functional groups attached to an aromatic ring is 1. The van der Waals surface area contributed by atoms with E-state index in [1.54, 1.807) is 12.4 Å². The van der Waals surface area contributed by atoms with E-state index in [0.29, 0.717) is 5.95 Å². The van der Waals surface area contributed by atoms with Crippen molar-refractivity contribution in [3.05, 3.63) is 78.2 Å². The van der Waals surface area contributed by atoms with E-state index in [9.17, 15) is 0 Å². The molecule has 1 aliphatic carbocycles. The first-order chi connectivity index (χ1) is 13.8. The highest BCUT2D eigenvalue weighted by atomic mass is 15.0. The Morgan fingerprint density at radius 3 is 2.29 bits per heavy atom. The summed E-state index contributed by atoms with van der Waals surface area (Å²) in [6.45, 7) is 0. The maximum absolute atomic E-state index is 5.62. The van der Waals surface area contributed by atoms with Gasteiger partial charge in [-0.25, -0.2) is 9.97 Å². The summed E-state index contributed by atoms with van der Waals surface area (Å²) in [5.41, 5.74) is 11.9. The van der Waals surface area contributed by atoms with E-state index >= 15 is 0 Å². The largest absolute Gasteiger partial charge is 0.368 e. The molecular formula is C24H24N4. The van der Waals surface area contributed by atoms with Crippen molar-refractivity contribution >= 4 is 16.9 Å². The molecule has 0 unspecified atom stereocenters. The molecule has 4 nitrogen and oxygen atoms in total. The van der Waals surface area contributed by atoms with Gasteiger partial charge in [0.1, 0.15) is 0 Å². The minimum atomic E-state index is 0.0774. The Labute approximate surface area is 164 Å². The van der Waals surface area contributed by atoms with Crippen molar-refractivity contribution in [2.24, 2.45) is 0 Å². The number of fused-ring (bicyclic) bond motifs is 1. The quantitative estimate of drug-likeness (QED) is 0.505. The van der Waals surface area contributed by atoms with Gasteiger partial charge in [0.15, 0.2) is 0 Å². The normalized spacial score (nSPS) is 16.3. The molecule has 0 saturated heterocycles. The van der Waals surface area contributed by atoms with Crippen LogP contribution in [0, 0.1) is 0 Å². The lowest BCUT2D eigenvalue weighted by Crippen LogP contribution is -2.30. The molecule has 5 rings (SSSR count). The second kappa shape index (κ2) is 6.79. The minimum Gasteiger partial charge on any atom is -0.368 e. The number of rotatable bonds is 3. The van der Waals surface area contributed by atoms with Crippen molar-refractivity contribution in [2.45, 2.75) is 37.5 Å². The number of aromatic amines is 1. The van der Waals surface area contributed by atoms with E-state index in [1.807, 2.05) is 0 Å². The van der Waals surface area contributed by atoms with E-state index < -0.39 is 0 Å². The Morgan fingerprint density at radius 1 is 0.821 bits per heavy atom. The molecule has 28 heavy (non-hydrogen) atoms. The zero-order valence-corrected chi connectivity index (χ0v) is 15.9. The van der Waals surface area contributed by atoms with E-state index in [2.05, 4.69) is 69.7 Å². The molecule has 0 radical (unpaired) electrons. The smallest absolute Gasteiger partial charge is 0.219 e. The van der Waals surface area contributed by atoms with Crippen molar-refractivity contribution in [1.82, 2.24) is 15.0 Å². The highest BCUT2D eigenvalue weighted by molar-refractivity contribution is 5.85. The zero-order chi connectivity index (χ0) is 19.0. The summed E-state index contributed by atoms with van der Waals surface area (Å²) < 4.78 is 0. The van der Waals surface area contributed by atoms with Crippen molar-refractivity contribution in [1.29, 1.82) is 0 Å². The number of hydrogen-bond acceptors (Lipinski definition) is 3. The van der Waals surface area contributed by atoms with Gasteiger partial charge in [-0.15, -0.1) is 0 Å². The summed E-state index contributed by atoms with van der Waals surface area (Å²) >= 11 is 0. The molecule has 4 aromatic rings. The Morgan fingerprint density at radius 2 is 1.54 bits per heavy atom. The zero-order valence-electron chi connectivity index (χ0n) is 15.9. The lowest BCUT2D eigenvalue weighted by atomic mass is 9.65. The first-order valence-electron chi connectivity index (χ1n) is 10.0. The number of aromatic nitrogens is 3. The minimum absolute atomic E-state index is 0.0774. The molecule has 140 valence electrons. The van der Waals surface area contributed by atoms with Gasteiger partial charge in [-0.2, -0.15) is 0 Å². The highest BCUT2D eigenvalue weighted by Crippen LogP contribution is 2.47. The number of nitrogens with two attached hydrogens (primary N) is 1. The van der Waals surface area contributed by atoms with Gasteiger partial charge < -0.3 is 10.7 Å². The Kier molecular flexibility index (Phi) is 4.12. The molecule has 0 atom stereocenters. The maximum atomic E-state index is 5.62. The predicted molar refractivity (Wildman–Crippen MR) is 114 cm³/mol. The molecule has 1 aliphatic rings. The fraction of sp³-hybridized carbons (Fsp3) is 0.250. The SMILES string of the molecule is Nc1ncc(-c2ccc(C3(c4c[nH]c5ccccc45)CCCCC3)cc2)cn1. The van der Waals surface area contributed by atoms with E-state index in [-0.39, 0.29) is 5.41 Å². The number of benzene rings is 2. The van der Waals surface area contributed by atoms with Gasteiger partial charge in [-0.05, 0) is 35.6 Å². The lowest BCUT2D eigenvalue weighted by Gasteiger charge is -2.38. The average molecular weight is 368 g/mol. The van der Waals surface area contributed by atoms with Crippen LogP contribution in [0.5, 0.6) is 0 Å². The van der Waals surface area contributed by atoms with Crippen molar-refractivity contribution in [3.63, 3.8) is 0 Å². The third kappa shape index (κ3) is 2.76. The van der Waals surface area contributed by atoms with Crippen LogP contribution in [-0.4, -0.2) is 15.0 Å². The molecular weight excluding hydrogens is 344 g/mol. The monoisotopic (exact) mass is 368 g/mol. The Bertz CT molecular complexity index is 1090. The molecule has 2 aromatic heterocycles. The number of nitrogens with one attached hydrogen (secondary N) is 1. The first-order valence-corrected chi connectivity index (χ1v) is 10.0. The van der Waals surface area contributed by atoms with Gasteiger partial charge >= 0.3 is 0 Å². The molecule has 2 aromatic carbocycles. The molecule has 0 bridgehead atoms. The summed E-state index contributed by atoms with van der Waals surface area (Å²) in [6.07, 6.45) is 12.1. The van der Waals surface area contributed by atoms with Gasteiger partial charge in [-0.1, -0.05) is 61.7 Å². The van der Waals surface area contributed by atoms with E-state index in [1.165, 1.54) is 54.1 Å². The molecule has 1 fully saturated rings. The number of nitrogens with zero attached hydrogens (tertiary/aromatic N) is 2. The van der Waals surface area contributed by atoms with Crippen LogP contribution in [0.25, 0.3) is 22.0 Å². The van der Waals surface area contributed by atoms with Crippen LogP contribution in [0.15, 0.2) is 67.1 Å². The van der Waals surface area contributed by atoms with Crippen LogP contribution in [0.2, 0.25) is 0 Å². The third-order valence-electron chi connectivity index (χ3n) is 6.25. The second-order valence-corrected chi connectivity index (χ2v) is 7.80. The fourth-order valence-electron chi connectivity index (χ4n) is 4.81. The van der Waals surface area contributed by atoms with Crippen molar-refractivity contribution in [2.75, 3.05) is 5.73 Å². The average Bonchev–Trinajstić information content (AvgIpc) is 3.20. The predicted octanol–water partition coefficient (Wildman–Crippen LogP) is 5.46. The first kappa shape index (κ1) is 17.0. The summed E-state index contributed by atoms with van der Waals surface area (Å²) in [5.74, 6) is 0.306. The fourth-order valence-corrected chi connectivity index (χ4v) is 4.81. The number of para-hydroxylation sites is 1. The van der Waals surface area contributed by atoms with Crippen molar-refractivity contribution in [3.8, 4) is 11.1 Å². The second-order valence-electron chi connectivity index (χ2n) is 7.80. The molecule has 0 spiro atoms. The molecule has 1 saturated carbocycles. The van der Waals surface area contributed by atoms with Gasteiger partial charge in [0.25, 0.3) is 0 Å². The number of H-pyrrole nitrogens is 1. The third-order valence-corrected chi connectivity index (χ3v) is 6.25. The van der Waals surface area contributed by atoms with Gasteiger partial charge in [0.2, 0.25) is 5.95 Å². The molecule has 3 N–H and O–H groups in total. The van der Waals surface area contributed by atoms with Crippen LogP contribution in [-0.2, 0) is 5.41 Å². The summed E-state index contributed by atoms with van der Waals surface area (Å²) in [5, 5.41) is 1.35. The van der Waals surface area contributed by atoms with Crippen molar-refractivity contribution < 1.29 is 0 Å². The molecule has 0 amide bonds. The van der Waals surface area contributed by atoms with E-state index in [4.69, 9.17) is 5.73 Å². The molecule has 4 heteroatoms. The summed E-state index contributed by atoms with van der Waals surface area (Å²) in [6, 6.07) is 17.6. The van der Waals surface area contributed by atoms with Crippen LogP contribution in [0.3, 0.4) is 0 Å². The topological polar surface area (TPSA) is 67.6 Å². The van der Waals surface area contributed by atoms with Crippen LogP contribution in [0.4, 0.5) is 5.95 Å². The molecule has 2 heterocycles. The van der Waals surface area contributed by atoms with Crippen LogP contribution < -0.4 is 5.73 Å². The van der Waals surface area contributed by atoms with Crippen LogP contribution >= 0.6 is 0 Å². The lowest BCUT2D eigenvalue weighted by molar-refractivity contribution is 0.348. The Hall–Kier alpha value is -3.14. The number of anilines is 1. The molecule has 0 aliphatic heterocycles. The van der Waals surface area contributed by atoms with Gasteiger partial charge in [0.05, 0.1) is 0 Å². The Balaban J connectivity index is 1.59.